The molecule has 0 aliphatic heterocycles. The summed E-state index contributed by atoms with van der Waals surface area (Å²) in [5, 5.41) is 9.26. The summed E-state index contributed by atoms with van der Waals surface area (Å²) in [6.07, 6.45) is 3.52. The molecule has 0 bridgehead atoms. The number of halogens is 1. The van der Waals surface area contributed by atoms with Gasteiger partial charge in [-0.25, -0.2) is 4.98 Å². The second kappa shape index (κ2) is 6.42. The molecule has 0 amide bonds. The van der Waals surface area contributed by atoms with Crippen LogP contribution < -0.4 is 4.74 Å². The highest BCUT2D eigenvalue weighted by atomic mass is 35.5. The molecule has 0 N–H and O–H groups in total. The second-order valence-electron chi connectivity index (χ2n) is 6.47. The predicted molar refractivity (Wildman–Crippen MR) is 101 cm³/mol. The van der Waals surface area contributed by atoms with E-state index in [-0.39, 0.29) is 5.41 Å². The van der Waals surface area contributed by atoms with Crippen molar-refractivity contribution in [1.29, 1.82) is 0 Å². The van der Waals surface area contributed by atoms with E-state index in [1.54, 1.807) is 18.3 Å². The van der Waals surface area contributed by atoms with E-state index >= 15 is 0 Å². The Hall–Kier alpha value is -2.92. The highest BCUT2D eigenvalue weighted by molar-refractivity contribution is 6.32. The minimum Gasteiger partial charge on any atom is -0.434 e. The van der Waals surface area contributed by atoms with E-state index in [9.17, 15) is 0 Å². The molecule has 2 heterocycles. The van der Waals surface area contributed by atoms with Crippen LogP contribution in [0.3, 0.4) is 0 Å². The molecule has 0 aliphatic rings. The van der Waals surface area contributed by atoms with Crippen LogP contribution in [0, 0.1) is 0 Å². The quantitative estimate of drug-likeness (QED) is 0.517. The lowest BCUT2D eigenvalue weighted by Crippen LogP contribution is -2.22. The minimum atomic E-state index is -0.330. The maximum absolute atomic E-state index is 6.19. The van der Waals surface area contributed by atoms with Crippen molar-refractivity contribution < 1.29 is 4.74 Å². The summed E-state index contributed by atoms with van der Waals surface area (Å²) in [6.45, 7) is 4.24. The normalized spacial score (nSPS) is 11.7. The second-order valence-corrected chi connectivity index (χ2v) is 6.88. The number of benzene rings is 2. The van der Waals surface area contributed by atoms with Crippen molar-refractivity contribution in [3.05, 3.63) is 83.4 Å². The van der Waals surface area contributed by atoms with E-state index in [1.165, 1.54) is 0 Å². The molecule has 26 heavy (non-hydrogen) atoms. The average molecular weight is 365 g/mol. The first-order chi connectivity index (χ1) is 12.6. The van der Waals surface area contributed by atoms with Gasteiger partial charge in [0.15, 0.2) is 0 Å². The fourth-order valence-corrected chi connectivity index (χ4v) is 3.09. The van der Waals surface area contributed by atoms with Crippen LogP contribution >= 0.6 is 11.6 Å². The van der Waals surface area contributed by atoms with Gasteiger partial charge in [0.1, 0.15) is 11.6 Å². The molecule has 0 fully saturated rings. The Morgan fingerprint density at radius 2 is 1.69 bits per heavy atom. The van der Waals surface area contributed by atoms with Gasteiger partial charge in [0, 0.05) is 12.4 Å². The lowest BCUT2D eigenvalue weighted by molar-refractivity contribution is 0.464. The van der Waals surface area contributed by atoms with Crippen molar-refractivity contribution in [3.8, 4) is 11.6 Å². The molecule has 0 aliphatic carbocycles. The standard InChI is InChI=1S/C20H17ClN4O/c1-20(2,14-8-4-3-5-9-14)19-24-23-17-18(22-12-13-25(17)19)26-16-11-7-6-10-15(16)21/h3-13H,1-2H3. The SMILES string of the molecule is CC(C)(c1ccccc1)c1nnc2c(Oc3ccccc3Cl)nccn12. The maximum Gasteiger partial charge on any atom is 0.265 e. The molecule has 0 saturated heterocycles. The molecule has 0 unspecified atom stereocenters. The van der Waals surface area contributed by atoms with Crippen molar-refractivity contribution in [1.82, 2.24) is 19.6 Å². The van der Waals surface area contributed by atoms with Gasteiger partial charge in [0.05, 0.1) is 10.4 Å². The minimum absolute atomic E-state index is 0.330. The van der Waals surface area contributed by atoms with E-state index in [1.807, 2.05) is 40.9 Å². The molecule has 0 radical (unpaired) electrons. The number of hydrogen-bond acceptors (Lipinski definition) is 4. The Labute approximate surface area is 156 Å². The third-order valence-electron chi connectivity index (χ3n) is 4.39. The average Bonchev–Trinajstić information content (AvgIpc) is 3.10. The molecule has 2 aromatic heterocycles. The smallest absolute Gasteiger partial charge is 0.265 e. The van der Waals surface area contributed by atoms with Gasteiger partial charge >= 0.3 is 0 Å². The van der Waals surface area contributed by atoms with Crippen LogP contribution in [0.1, 0.15) is 25.2 Å². The Balaban J connectivity index is 1.80. The molecule has 130 valence electrons. The van der Waals surface area contributed by atoms with Crippen molar-refractivity contribution in [2.75, 3.05) is 0 Å². The fraction of sp³-hybridized carbons (Fsp3) is 0.150. The van der Waals surface area contributed by atoms with Gasteiger partial charge in [0.2, 0.25) is 5.65 Å². The molecule has 0 spiro atoms. The van der Waals surface area contributed by atoms with Gasteiger partial charge in [-0.05, 0) is 31.5 Å². The third-order valence-corrected chi connectivity index (χ3v) is 4.70. The van der Waals surface area contributed by atoms with Crippen molar-refractivity contribution in [3.63, 3.8) is 0 Å². The number of hydrogen-bond donors (Lipinski definition) is 0. The van der Waals surface area contributed by atoms with Gasteiger partial charge < -0.3 is 4.74 Å². The third kappa shape index (κ3) is 2.80. The van der Waals surface area contributed by atoms with Crippen LogP contribution in [0.4, 0.5) is 0 Å². The molecule has 5 nitrogen and oxygen atoms in total. The van der Waals surface area contributed by atoms with Crippen LogP contribution in [0.15, 0.2) is 67.0 Å². The molecular weight excluding hydrogens is 348 g/mol. The summed E-state index contributed by atoms with van der Waals surface area (Å²) in [7, 11) is 0. The summed E-state index contributed by atoms with van der Waals surface area (Å²) in [5.74, 6) is 1.70. The predicted octanol–water partition coefficient (Wildman–Crippen LogP) is 4.90. The van der Waals surface area contributed by atoms with Gasteiger partial charge in [-0.15, -0.1) is 10.2 Å². The van der Waals surface area contributed by atoms with E-state index in [0.717, 1.165) is 11.4 Å². The number of fused-ring (bicyclic) bond motifs is 1. The topological polar surface area (TPSA) is 52.3 Å². The van der Waals surface area contributed by atoms with E-state index in [4.69, 9.17) is 16.3 Å². The Morgan fingerprint density at radius 1 is 0.962 bits per heavy atom. The summed E-state index contributed by atoms with van der Waals surface area (Å²) in [4.78, 5) is 4.31. The van der Waals surface area contributed by atoms with Crippen LogP contribution in [-0.2, 0) is 5.41 Å². The highest BCUT2D eigenvalue weighted by Crippen LogP contribution is 2.33. The van der Waals surface area contributed by atoms with Gasteiger partial charge in [-0.3, -0.25) is 4.40 Å². The number of ether oxygens (including phenoxy) is 1. The zero-order valence-electron chi connectivity index (χ0n) is 14.4. The Bertz CT molecular complexity index is 1060. The first kappa shape index (κ1) is 16.5. The van der Waals surface area contributed by atoms with Gasteiger partial charge in [-0.2, -0.15) is 0 Å². The number of nitrogens with zero attached hydrogens (tertiary/aromatic N) is 4. The first-order valence-corrected chi connectivity index (χ1v) is 8.63. The van der Waals surface area contributed by atoms with Crippen LogP contribution in [0.2, 0.25) is 5.02 Å². The summed E-state index contributed by atoms with van der Waals surface area (Å²) in [6, 6.07) is 17.5. The van der Waals surface area contributed by atoms with Crippen molar-refractivity contribution >= 4 is 17.2 Å². The first-order valence-electron chi connectivity index (χ1n) is 8.25. The Morgan fingerprint density at radius 3 is 2.46 bits per heavy atom. The summed E-state index contributed by atoms with van der Waals surface area (Å²) >= 11 is 6.19. The zero-order valence-corrected chi connectivity index (χ0v) is 15.2. The molecule has 4 aromatic rings. The number of rotatable bonds is 4. The van der Waals surface area contributed by atoms with Crippen LogP contribution in [-0.4, -0.2) is 19.6 Å². The highest BCUT2D eigenvalue weighted by Gasteiger charge is 2.29. The molecule has 0 saturated carbocycles. The van der Waals surface area contributed by atoms with Crippen LogP contribution in [0.25, 0.3) is 5.65 Å². The number of para-hydroxylation sites is 1. The van der Waals surface area contributed by atoms with Crippen molar-refractivity contribution in [2.24, 2.45) is 0 Å². The van der Waals surface area contributed by atoms with E-state index < -0.39 is 0 Å². The molecule has 0 atom stereocenters. The Kier molecular flexibility index (Phi) is 4.09. The van der Waals surface area contributed by atoms with Crippen LogP contribution in [0.5, 0.6) is 11.6 Å². The fourth-order valence-electron chi connectivity index (χ4n) is 2.92. The molecule has 2 aromatic carbocycles. The summed E-state index contributed by atoms with van der Waals surface area (Å²) in [5.41, 5.74) is 1.37. The van der Waals surface area contributed by atoms with Gasteiger partial charge in [0.25, 0.3) is 5.88 Å². The zero-order chi connectivity index (χ0) is 18.1. The van der Waals surface area contributed by atoms with E-state index in [2.05, 4.69) is 41.2 Å². The van der Waals surface area contributed by atoms with Gasteiger partial charge in [-0.1, -0.05) is 54.1 Å². The molecule has 6 heteroatoms. The lowest BCUT2D eigenvalue weighted by Gasteiger charge is -2.23. The maximum atomic E-state index is 6.19. The van der Waals surface area contributed by atoms with Crippen molar-refractivity contribution in [2.45, 2.75) is 19.3 Å². The number of aromatic nitrogens is 4. The largest absolute Gasteiger partial charge is 0.434 e. The monoisotopic (exact) mass is 364 g/mol. The lowest BCUT2D eigenvalue weighted by atomic mass is 9.84. The molecular formula is C20H17ClN4O. The van der Waals surface area contributed by atoms with E-state index in [0.29, 0.717) is 22.3 Å². The molecule has 4 rings (SSSR count). The summed E-state index contributed by atoms with van der Waals surface area (Å²) < 4.78 is 7.80.